The molecular formula is C36H45ClN4O5. The second kappa shape index (κ2) is 15.3. The molecule has 246 valence electrons. The summed E-state index contributed by atoms with van der Waals surface area (Å²) in [5.41, 5.74) is 5.28. The zero-order valence-electron chi connectivity index (χ0n) is 27.3. The number of rotatable bonds is 11. The van der Waals surface area contributed by atoms with Gasteiger partial charge in [0.2, 0.25) is 5.91 Å². The van der Waals surface area contributed by atoms with Crippen LogP contribution in [0.15, 0.2) is 41.2 Å². The summed E-state index contributed by atoms with van der Waals surface area (Å²) < 4.78 is 11.4. The Morgan fingerprint density at radius 2 is 1.80 bits per heavy atom. The third-order valence-corrected chi connectivity index (χ3v) is 9.45. The van der Waals surface area contributed by atoms with Crippen molar-refractivity contribution in [3.8, 4) is 16.9 Å². The Labute approximate surface area is 276 Å². The minimum Gasteiger partial charge on any atom is -0.491 e. The number of halogens is 1. The number of aryl methyl sites for hydroxylation is 2. The van der Waals surface area contributed by atoms with Crippen molar-refractivity contribution >= 4 is 29.1 Å². The zero-order chi connectivity index (χ0) is 32.8. The van der Waals surface area contributed by atoms with E-state index in [1.54, 1.807) is 0 Å². The van der Waals surface area contributed by atoms with Gasteiger partial charge in [-0.15, -0.1) is 0 Å². The van der Waals surface area contributed by atoms with Crippen LogP contribution in [0.25, 0.3) is 11.1 Å². The van der Waals surface area contributed by atoms with Gasteiger partial charge in [-0.25, -0.2) is 0 Å². The number of nitrogens with one attached hydrogen (secondary N) is 2. The van der Waals surface area contributed by atoms with Crippen LogP contribution in [0.5, 0.6) is 5.75 Å². The van der Waals surface area contributed by atoms with Crippen LogP contribution in [-0.2, 0) is 16.1 Å². The fourth-order valence-electron chi connectivity index (χ4n) is 6.49. The maximum atomic E-state index is 13.8. The van der Waals surface area contributed by atoms with Crippen LogP contribution in [0.1, 0.15) is 65.3 Å². The summed E-state index contributed by atoms with van der Waals surface area (Å²) in [6.07, 6.45) is 3.87. The first-order chi connectivity index (χ1) is 22.2. The van der Waals surface area contributed by atoms with Crippen LogP contribution >= 0.6 is 11.6 Å². The largest absolute Gasteiger partial charge is 0.491 e. The molecule has 0 radical (unpaired) electrons. The Kier molecular flexibility index (Phi) is 11.2. The zero-order valence-corrected chi connectivity index (χ0v) is 28.1. The summed E-state index contributed by atoms with van der Waals surface area (Å²) in [5.74, 6) is 0.350. The van der Waals surface area contributed by atoms with E-state index in [-0.39, 0.29) is 29.8 Å². The highest BCUT2D eigenvalue weighted by Crippen LogP contribution is 2.37. The first-order valence-corrected chi connectivity index (χ1v) is 16.7. The minimum atomic E-state index is -0.321. The number of aromatic nitrogens is 1. The molecule has 2 heterocycles. The standard InChI is InChI=1S/C36H45ClN4O5/c1-5-41(36(44)26-8-6-7-9-26)32-21-28(27-10-11-33(31(37)20-27)46-17-14-40-12-15-45-16-13-40)19-29(25(32)4)34(42)38-22-30-23(2)18-24(3)39-35(30)43/h10-11,18-21,26H,5-9,12-17,22H2,1-4H3,(H,38,42)(H,39,43). The lowest BCUT2D eigenvalue weighted by molar-refractivity contribution is -0.122. The maximum absolute atomic E-state index is 13.8. The van der Waals surface area contributed by atoms with E-state index in [1.165, 1.54) is 0 Å². The van der Waals surface area contributed by atoms with Crippen molar-refractivity contribution in [1.29, 1.82) is 0 Å². The van der Waals surface area contributed by atoms with Gasteiger partial charge in [-0.2, -0.15) is 0 Å². The highest BCUT2D eigenvalue weighted by Gasteiger charge is 2.29. The predicted octanol–water partition coefficient (Wildman–Crippen LogP) is 5.80. The van der Waals surface area contributed by atoms with E-state index in [0.29, 0.717) is 46.3 Å². The van der Waals surface area contributed by atoms with Crippen LogP contribution < -0.4 is 20.5 Å². The van der Waals surface area contributed by atoms with Gasteiger partial charge in [0.1, 0.15) is 12.4 Å². The molecule has 0 unspecified atom stereocenters. The minimum absolute atomic E-state index is 0.0140. The summed E-state index contributed by atoms with van der Waals surface area (Å²) in [4.78, 5) is 47.1. The second-order valence-corrected chi connectivity index (χ2v) is 12.7. The third kappa shape index (κ3) is 7.82. The lowest BCUT2D eigenvalue weighted by Gasteiger charge is -2.28. The summed E-state index contributed by atoms with van der Waals surface area (Å²) in [6.45, 7) is 12.6. The fourth-order valence-corrected chi connectivity index (χ4v) is 6.73. The molecule has 1 aliphatic carbocycles. The molecule has 0 atom stereocenters. The molecule has 1 saturated carbocycles. The highest BCUT2D eigenvalue weighted by atomic mass is 35.5. The Hall–Kier alpha value is -3.66. The number of ether oxygens (including phenoxy) is 2. The lowest BCUT2D eigenvalue weighted by atomic mass is 9.95. The number of aromatic amines is 1. The summed E-state index contributed by atoms with van der Waals surface area (Å²) >= 11 is 6.72. The number of anilines is 1. The van der Waals surface area contributed by atoms with Crippen molar-refractivity contribution in [3.05, 3.63) is 79.7 Å². The van der Waals surface area contributed by atoms with Crippen molar-refractivity contribution in [2.75, 3.05) is 50.9 Å². The number of amides is 2. The van der Waals surface area contributed by atoms with Crippen molar-refractivity contribution in [2.24, 2.45) is 5.92 Å². The number of hydrogen-bond donors (Lipinski definition) is 2. The van der Waals surface area contributed by atoms with E-state index < -0.39 is 0 Å². The first kappa shape index (κ1) is 33.7. The van der Waals surface area contributed by atoms with Crippen LogP contribution in [0.4, 0.5) is 5.69 Å². The predicted molar refractivity (Wildman–Crippen MR) is 182 cm³/mol. The fraction of sp³-hybridized carbons (Fsp3) is 0.472. The number of benzene rings is 2. The third-order valence-electron chi connectivity index (χ3n) is 9.16. The number of carbonyl (C=O) groups is 2. The molecule has 1 aromatic heterocycles. The molecule has 1 saturated heterocycles. The second-order valence-electron chi connectivity index (χ2n) is 12.3. The molecule has 1 aliphatic heterocycles. The van der Waals surface area contributed by atoms with E-state index in [2.05, 4.69) is 15.2 Å². The van der Waals surface area contributed by atoms with Crippen LogP contribution in [0, 0.1) is 26.7 Å². The molecule has 3 aromatic rings. The number of carbonyl (C=O) groups excluding carboxylic acids is 2. The molecule has 10 heteroatoms. The molecule has 0 spiro atoms. The van der Waals surface area contributed by atoms with Crippen molar-refractivity contribution < 1.29 is 19.1 Å². The summed E-state index contributed by atoms with van der Waals surface area (Å²) in [5, 5.41) is 3.42. The molecule has 46 heavy (non-hydrogen) atoms. The number of H-pyrrole nitrogens is 1. The smallest absolute Gasteiger partial charge is 0.253 e. The number of nitrogens with zero attached hydrogens (tertiary/aromatic N) is 2. The first-order valence-electron chi connectivity index (χ1n) is 16.3. The molecule has 2 amide bonds. The van der Waals surface area contributed by atoms with E-state index in [0.717, 1.165) is 80.9 Å². The topological polar surface area (TPSA) is 104 Å². The van der Waals surface area contributed by atoms with Crippen LogP contribution in [0.2, 0.25) is 5.02 Å². The average Bonchev–Trinajstić information content (AvgIpc) is 3.58. The molecule has 5 rings (SSSR count). The monoisotopic (exact) mass is 648 g/mol. The number of pyridine rings is 1. The molecule has 9 nitrogen and oxygen atoms in total. The normalized spacial score (nSPS) is 15.6. The number of morpholine rings is 1. The van der Waals surface area contributed by atoms with Gasteiger partial charge in [0, 0.05) is 61.1 Å². The number of hydrogen-bond acceptors (Lipinski definition) is 6. The molecule has 2 aliphatic rings. The van der Waals surface area contributed by atoms with E-state index in [4.69, 9.17) is 21.1 Å². The van der Waals surface area contributed by atoms with Gasteiger partial charge in [-0.1, -0.05) is 30.5 Å². The molecule has 2 aromatic carbocycles. The van der Waals surface area contributed by atoms with Gasteiger partial charge in [0.25, 0.3) is 11.5 Å². The van der Waals surface area contributed by atoms with Crippen LogP contribution in [-0.4, -0.2) is 67.7 Å². The molecule has 2 fully saturated rings. The SMILES string of the molecule is CCN(C(=O)C1CCCC1)c1cc(-c2ccc(OCCN3CCOCC3)c(Cl)c2)cc(C(=O)NCc2c(C)cc(C)[nH]c2=O)c1C. The Bertz CT molecular complexity index is 1630. The van der Waals surface area contributed by atoms with Gasteiger partial charge in [-0.05, 0) is 93.1 Å². The molecular weight excluding hydrogens is 604 g/mol. The lowest BCUT2D eigenvalue weighted by Crippen LogP contribution is -2.38. The van der Waals surface area contributed by atoms with Crippen molar-refractivity contribution in [1.82, 2.24) is 15.2 Å². The highest BCUT2D eigenvalue weighted by molar-refractivity contribution is 6.32. The van der Waals surface area contributed by atoms with Gasteiger partial charge in [0.05, 0.1) is 18.2 Å². The van der Waals surface area contributed by atoms with E-state index >= 15 is 0 Å². The van der Waals surface area contributed by atoms with Gasteiger partial charge < -0.3 is 24.7 Å². The van der Waals surface area contributed by atoms with Crippen molar-refractivity contribution in [3.63, 3.8) is 0 Å². The van der Waals surface area contributed by atoms with Crippen molar-refractivity contribution in [2.45, 2.75) is 59.9 Å². The van der Waals surface area contributed by atoms with E-state index in [9.17, 15) is 14.4 Å². The Morgan fingerprint density at radius 3 is 2.48 bits per heavy atom. The summed E-state index contributed by atoms with van der Waals surface area (Å²) in [7, 11) is 0. The molecule has 0 bridgehead atoms. The Morgan fingerprint density at radius 1 is 1.07 bits per heavy atom. The maximum Gasteiger partial charge on any atom is 0.253 e. The van der Waals surface area contributed by atoms with Gasteiger partial charge >= 0.3 is 0 Å². The van der Waals surface area contributed by atoms with Gasteiger partial charge in [0.15, 0.2) is 0 Å². The average molecular weight is 649 g/mol. The van der Waals surface area contributed by atoms with Gasteiger partial charge in [-0.3, -0.25) is 19.3 Å². The molecule has 2 N–H and O–H groups in total. The van der Waals surface area contributed by atoms with E-state index in [1.807, 2.05) is 69.0 Å². The van der Waals surface area contributed by atoms with Crippen LogP contribution in [0.3, 0.4) is 0 Å². The summed E-state index contributed by atoms with van der Waals surface area (Å²) in [6, 6.07) is 11.3. The quantitative estimate of drug-likeness (QED) is 0.272. The Balaban J connectivity index is 1.44.